The summed E-state index contributed by atoms with van der Waals surface area (Å²) in [5.41, 5.74) is 11.9. The lowest BCUT2D eigenvalue weighted by molar-refractivity contribution is 0.569. The molecule has 0 aliphatic carbocycles. The van der Waals surface area contributed by atoms with E-state index in [1.807, 2.05) is 54.6 Å². The lowest BCUT2D eigenvalue weighted by atomic mass is 9.33. The molecule has 0 saturated heterocycles. The molecule has 15 rings (SSSR count). The Morgan fingerprint density at radius 3 is 1.46 bits per heavy atom. The number of anilines is 6. The molecule has 90 heavy (non-hydrogen) atoms. The standard InChI is InChI=1S/C85H71BN4/c1-83(2,3)64-45-63(46-65(51-64)84(4,5)6)62-39-43-72-79(50-62)89(75-36-24-35-74(70(75)54-87)88-73-34-23-22-33-67(73)68-41-37-60(48-77(68)88)56-27-16-11-17-28-56)80-52-66(85(7,8)9)53-81-82(80)86(72)71-42-38-61(57-29-18-12-19-30-57)49-78(71)90(81)76-44-40-59(55-25-14-10-15-26-55)47-69(76)58-31-20-13-21-32-58/h10-53H,1-9H3/i11D,12D,16D,17D,18D,19D,22D,23D,27D,28D,29D,30D,33D,34D,37D,41D,48D. The van der Waals surface area contributed by atoms with Gasteiger partial charge >= 0.3 is 0 Å². The monoisotopic (exact) mass is 1180 g/mol. The van der Waals surface area contributed by atoms with Crippen LogP contribution >= 0.6 is 0 Å². The van der Waals surface area contributed by atoms with Crippen LogP contribution in [0.1, 0.15) is 108 Å². The van der Waals surface area contributed by atoms with Gasteiger partial charge in [0.25, 0.3) is 6.71 Å². The maximum Gasteiger partial charge on any atom is 0.252 e. The van der Waals surface area contributed by atoms with Gasteiger partial charge in [0.15, 0.2) is 0 Å². The lowest BCUT2D eigenvalue weighted by Crippen LogP contribution is -2.61. The van der Waals surface area contributed by atoms with Crippen molar-refractivity contribution in [2.24, 2.45) is 0 Å². The van der Waals surface area contributed by atoms with Gasteiger partial charge in [-0.25, -0.2) is 0 Å². The Kier molecular flexibility index (Phi) is 9.57. The number of hydrogen-bond acceptors (Lipinski definition) is 3. The molecule has 0 atom stereocenters. The van der Waals surface area contributed by atoms with E-state index in [1.165, 1.54) is 4.57 Å². The van der Waals surface area contributed by atoms with E-state index in [0.717, 1.165) is 72.1 Å². The molecule has 0 amide bonds. The average molecular weight is 1180 g/mol. The second-order valence-electron chi connectivity index (χ2n) is 26.4. The predicted molar refractivity (Wildman–Crippen MR) is 383 cm³/mol. The molecule has 2 aliphatic heterocycles. The van der Waals surface area contributed by atoms with Gasteiger partial charge in [-0.1, -0.05) is 268 Å². The van der Waals surface area contributed by atoms with Crippen LogP contribution in [0.15, 0.2) is 267 Å². The molecule has 2 aliphatic rings. The molecule has 0 bridgehead atoms. The number of para-hydroxylation sites is 1. The molecule has 434 valence electrons. The Hall–Kier alpha value is -10.4. The van der Waals surface area contributed by atoms with E-state index in [1.54, 1.807) is 18.2 Å². The van der Waals surface area contributed by atoms with Gasteiger partial charge in [-0.15, -0.1) is 0 Å². The van der Waals surface area contributed by atoms with Gasteiger partial charge in [0.05, 0.1) is 51.4 Å². The maximum atomic E-state index is 12.5. The molecular formula is C85H71BN4. The van der Waals surface area contributed by atoms with Gasteiger partial charge in [0.1, 0.15) is 11.6 Å². The molecule has 5 heteroatoms. The number of benzene rings is 12. The highest BCUT2D eigenvalue weighted by molar-refractivity contribution is 7.00. The molecule has 4 nitrogen and oxygen atoms in total. The van der Waals surface area contributed by atoms with Crippen LogP contribution < -0.4 is 26.2 Å². The number of hydrogen-bond donors (Lipinski definition) is 0. The van der Waals surface area contributed by atoms with Gasteiger partial charge in [-0.05, 0) is 160 Å². The van der Waals surface area contributed by atoms with Crippen LogP contribution in [0.5, 0.6) is 0 Å². The van der Waals surface area contributed by atoms with Crippen molar-refractivity contribution >= 4 is 79.0 Å². The van der Waals surface area contributed by atoms with Gasteiger partial charge in [-0.3, -0.25) is 0 Å². The van der Waals surface area contributed by atoms with Crippen molar-refractivity contribution in [2.75, 3.05) is 9.80 Å². The summed E-state index contributed by atoms with van der Waals surface area (Å²) in [4.78, 5) is 4.26. The molecule has 13 aromatic rings. The summed E-state index contributed by atoms with van der Waals surface area (Å²) >= 11 is 0. The van der Waals surface area contributed by atoms with E-state index in [9.17, 15) is 16.2 Å². The zero-order valence-corrected chi connectivity index (χ0v) is 51.5. The third-order valence-corrected chi connectivity index (χ3v) is 17.7. The molecule has 3 heterocycles. The van der Waals surface area contributed by atoms with Crippen LogP contribution in [0.3, 0.4) is 0 Å². The number of nitrogens with zero attached hydrogens (tertiary/aromatic N) is 4. The maximum absolute atomic E-state index is 12.5. The first-order chi connectivity index (χ1) is 50.6. The van der Waals surface area contributed by atoms with Crippen LogP contribution in [0.4, 0.5) is 34.1 Å². The van der Waals surface area contributed by atoms with Crippen LogP contribution in [0, 0.1) is 11.3 Å². The van der Waals surface area contributed by atoms with Crippen molar-refractivity contribution in [3.63, 3.8) is 0 Å². The molecule has 1 aromatic heterocycles. The third-order valence-electron chi connectivity index (χ3n) is 17.7. The minimum absolute atomic E-state index is 0.0146. The number of fused-ring (bicyclic) bond motifs is 7. The molecule has 0 radical (unpaired) electrons. The van der Waals surface area contributed by atoms with Crippen molar-refractivity contribution in [3.8, 4) is 67.4 Å². The minimum Gasteiger partial charge on any atom is -0.311 e. The molecule has 0 unspecified atom stereocenters. The zero-order chi connectivity index (χ0) is 76.6. The van der Waals surface area contributed by atoms with E-state index >= 15 is 0 Å². The molecule has 0 spiro atoms. The largest absolute Gasteiger partial charge is 0.311 e. The fraction of sp³-hybridized carbons (Fsp3) is 0.141. The summed E-state index contributed by atoms with van der Waals surface area (Å²) < 4.78 is 158. The summed E-state index contributed by atoms with van der Waals surface area (Å²) in [5, 5.41) is 12.0. The first-order valence-corrected chi connectivity index (χ1v) is 30.3. The predicted octanol–water partition coefficient (Wildman–Crippen LogP) is 21.0. The smallest absolute Gasteiger partial charge is 0.252 e. The Labute approximate surface area is 554 Å². The van der Waals surface area contributed by atoms with E-state index in [2.05, 4.69) is 169 Å². The number of rotatable bonds is 8. The van der Waals surface area contributed by atoms with E-state index in [0.29, 0.717) is 28.3 Å². The van der Waals surface area contributed by atoms with Crippen molar-refractivity contribution in [2.45, 2.75) is 78.6 Å². The fourth-order valence-electron chi connectivity index (χ4n) is 13.0. The average Bonchev–Trinajstić information content (AvgIpc) is 1.69. The van der Waals surface area contributed by atoms with Crippen LogP contribution in [0.25, 0.3) is 83.1 Å². The quantitative estimate of drug-likeness (QED) is 0.142. The number of aromatic nitrogens is 1. The van der Waals surface area contributed by atoms with Crippen molar-refractivity contribution < 1.29 is 23.3 Å². The summed E-state index contributed by atoms with van der Waals surface area (Å²) in [6, 6.07) is 46.6. The molecule has 0 N–H and O–H groups in total. The summed E-state index contributed by atoms with van der Waals surface area (Å²) in [7, 11) is 0. The molecule has 0 fully saturated rings. The Bertz CT molecular complexity index is 6000. The van der Waals surface area contributed by atoms with Gasteiger partial charge < -0.3 is 14.4 Å². The first-order valence-electron chi connectivity index (χ1n) is 38.8. The second kappa shape index (κ2) is 21.4. The minimum atomic E-state index is -0.755. The van der Waals surface area contributed by atoms with Crippen LogP contribution in [-0.2, 0) is 16.2 Å². The van der Waals surface area contributed by atoms with E-state index in [4.69, 9.17) is 12.3 Å². The van der Waals surface area contributed by atoms with Gasteiger partial charge in [0, 0.05) is 39.1 Å². The lowest BCUT2D eigenvalue weighted by Gasteiger charge is -2.46. The molecule has 12 aromatic carbocycles. The highest BCUT2D eigenvalue weighted by Crippen LogP contribution is 2.51. The highest BCUT2D eigenvalue weighted by atomic mass is 15.2. The van der Waals surface area contributed by atoms with Crippen molar-refractivity contribution in [3.05, 3.63) is 289 Å². The van der Waals surface area contributed by atoms with Gasteiger partial charge in [-0.2, -0.15) is 5.26 Å². The summed E-state index contributed by atoms with van der Waals surface area (Å²) in [6.07, 6.45) is 0. The Morgan fingerprint density at radius 2 is 0.856 bits per heavy atom. The van der Waals surface area contributed by atoms with Crippen LogP contribution in [-0.4, -0.2) is 11.3 Å². The summed E-state index contributed by atoms with van der Waals surface area (Å²) in [5.74, 6) is 0. The van der Waals surface area contributed by atoms with Crippen molar-refractivity contribution in [1.82, 2.24) is 4.57 Å². The second-order valence-corrected chi connectivity index (χ2v) is 26.4. The zero-order valence-electron chi connectivity index (χ0n) is 68.5. The van der Waals surface area contributed by atoms with Crippen molar-refractivity contribution in [1.29, 1.82) is 5.26 Å². The number of nitriles is 1. The Balaban J connectivity index is 1.11. The van der Waals surface area contributed by atoms with Gasteiger partial charge in [0.2, 0.25) is 0 Å². The van der Waals surface area contributed by atoms with E-state index in [-0.39, 0.29) is 67.2 Å². The summed E-state index contributed by atoms with van der Waals surface area (Å²) in [6.45, 7) is 18.8. The Morgan fingerprint density at radius 1 is 0.356 bits per heavy atom. The highest BCUT2D eigenvalue weighted by Gasteiger charge is 2.45. The van der Waals surface area contributed by atoms with Crippen LogP contribution in [0.2, 0.25) is 0 Å². The topological polar surface area (TPSA) is 35.2 Å². The van der Waals surface area contributed by atoms with E-state index < -0.39 is 114 Å². The third kappa shape index (κ3) is 9.53. The first kappa shape index (κ1) is 40.2. The normalized spacial score (nSPS) is 15.5. The fourth-order valence-corrected chi connectivity index (χ4v) is 13.0. The molecule has 0 saturated carbocycles. The molecular weight excluding hydrogens is 1090 g/mol. The SMILES string of the molecule is [2H]c1c([2H])c([2H])c(-c2ccc3c(c2)N(c2ccc(-c4ccccc4)cc2-c2ccccc2)c2cc(C(C)(C)C)cc4c2B3c2ccc(-c3cc(C(C)(C)C)cc(C(C)(C)C)c3)cc2N4c2cccc(-n3c4c([2H])c([2H])c([2H])c([2H])c4c4c([2H])c([2H])c(-c5c([2H])c([2H])c([2H])c([2H])c5[2H])c([2H])c43)c2C#N)c([2H])c1[2H].